The van der Waals surface area contributed by atoms with Gasteiger partial charge in [-0.05, 0) is 57.9 Å². The van der Waals surface area contributed by atoms with Crippen molar-refractivity contribution in [3.8, 4) is 5.75 Å². The highest BCUT2D eigenvalue weighted by molar-refractivity contribution is 6.30. The fourth-order valence-electron chi connectivity index (χ4n) is 2.80. The third-order valence-corrected chi connectivity index (χ3v) is 4.36. The van der Waals surface area contributed by atoms with Gasteiger partial charge < -0.3 is 14.4 Å². The molecule has 0 atom stereocenters. The molecule has 5 nitrogen and oxygen atoms in total. The summed E-state index contributed by atoms with van der Waals surface area (Å²) in [4.78, 5) is 26.3. The quantitative estimate of drug-likeness (QED) is 0.762. The second-order valence-electron chi connectivity index (χ2n) is 6.38. The summed E-state index contributed by atoms with van der Waals surface area (Å²) in [7, 11) is 0. The van der Waals surface area contributed by atoms with E-state index in [4.69, 9.17) is 21.1 Å². The first-order valence-electron chi connectivity index (χ1n) is 8.24. The summed E-state index contributed by atoms with van der Waals surface area (Å²) in [5.41, 5.74) is -0.982. The molecule has 1 aliphatic heterocycles. The van der Waals surface area contributed by atoms with Crippen LogP contribution in [0.5, 0.6) is 5.75 Å². The molecule has 1 heterocycles. The summed E-state index contributed by atoms with van der Waals surface area (Å²) in [5, 5.41) is 0.618. The molecule has 1 aliphatic rings. The van der Waals surface area contributed by atoms with Crippen molar-refractivity contribution in [3.63, 3.8) is 0 Å². The summed E-state index contributed by atoms with van der Waals surface area (Å²) in [6.07, 6.45) is 1.25. The number of carbonyl (C=O) groups is 2. The van der Waals surface area contributed by atoms with E-state index >= 15 is 0 Å². The smallest absolute Gasteiger partial charge is 0.309 e. The van der Waals surface area contributed by atoms with Crippen molar-refractivity contribution in [1.82, 2.24) is 4.90 Å². The van der Waals surface area contributed by atoms with E-state index < -0.39 is 5.60 Å². The van der Waals surface area contributed by atoms with Gasteiger partial charge in [0.25, 0.3) is 5.91 Å². The van der Waals surface area contributed by atoms with Crippen LogP contribution in [0.4, 0.5) is 0 Å². The van der Waals surface area contributed by atoms with E-state index in [0.29, 0.717) is 43.3 Å². The number of halogens is 1. The summed E-state index contributed by atoms with van der Waals surface area (Å²) in [6.45, 7) is 6.77. The Morgan fingerprint density at radius 3 is 2.33 bits per heavy atom. The molecule has 0 bridgehead atoms. The van der Waals surface area contributed by atoms with Gasteiger partial charge in [0.2, 0.25) is 0 Å². The van der Waals surface area contributed by atoms with E-state index in [-0.39, 0.29) is 17.8 Å². The first-order chi connectivity index (χ1) is 11.3. The number of amides is 1. The number of benzene rings is 1. The molecule has 1 fully saturated rings. The lowest BCUT2D eigenvalue weighted by atomic mass is 9.95. The molecule has 132 valence electrons. The zero-order valence-electron chi connectivity index (χ0n) is 14.4. The average molecular weight is 354 g/mol. The van der Waals surface area contributed by atoms with Gasteiger partial charge in [0.05, 0.1) is 12.5 Å². The standard InChI is InChI=1S/C18H24ClNO4/c1-4-23-16(21)13-9-11-20(12-10-13)17(22)18(2,3)24-15-7-5-14(19)6-8-15/h5-8,13H,4,9-12H2,1-3H3. The van der Waals surface area contributed by atoms with Crippen LogP contribution in [0.25, 0.3) is 0 Å². The predicted molar refractivity (Wildman–Crippen MR) is 92.1 cm³/mol. The van der Waals surface area contributed by atoms with Crippen molar-refractivity contribution in [1.29, 1.82) is 0 Å². The van der Waals surface area contributed by atoms with Gasteiger partial charge in [0, 0.05) is 18.1 Å². The van der Waals surface area contributed by atoms with Gasteiger partial charge in [-0.1, -0.05) is 11.6 Å². The maximum atomic E-state index is 12.8. The Hall–Kier alpha value is -1.75. The van der Waals surface area contributed by atoms with Gasteiger partial charge in [-0.25, -0.2) is 0 Å². The van der Waals surface area contributed by atoms with Crippen LogP contribution in [0.1, 0.15) is 33.6 Å². The highest BCUT2D eigenvalue weighted by Gasteiger charge is 2.37. The van der Waals surface area contributed by atoms with Crippen LogP contribution in [-0.2, 0) is 14.3 Å². The Bertz CT molecular complexity index is 577. The molecule has 6 heteroatoms. The SMILES string of the molecule is CCOC(=O)C1CCN(C(=O)C(C)(C)Oc2ccc(Cl)cc2)CC1. The highest BCUT2D eigenvalue weighted by Crippen LogP contribution is 2.25. The number of likely N-dealkylation sites (tertiary alicyclic amines) is 1. The molecule has 2 rings (SSSR count). The van der Waals surface area contributed by atoms with Crippen molar-refractivity contribution in [2.75, 3.05) is 19.7 Å². The van der Waals surface area contributed by atoms with Crippen molar-refractivity contribution in [2.24, 2.45) is 5.92 Å². The zero-order valence-corrected chi connectivity index (χ0v) is 15.1. The van der Waals surface area contributed by atoms with Crippen molar-refractivity contribution >= 4 is 23.5 Å². The molecule has 0 unspecified atom stereocenters. The van der Waals surface area contributed by atoms with Crippen LogP contribution < -0.4 is 4.74 Å². The molecule has 1 saturated heterocycles. The number of hydrogen-bond donors (Lipinski definition) is 0. The van der Waals surface area contributed by atoms with Crippen LogP contribution in [0.15, 0.2) is 24.3 Å². The van der Waals surface area contributed by atoms with E-state index in [9.17, 15) is 9.59 Å². The molecule has 0 aromatic heterocycles. The normalized spacial score (nSPS) is 15.9. The second kappa shape index (κ2) is 7.88. The minimum Gasteiger partial charge on any atom is -0.478 e. The maximum Gasteiger partial charge on any atom is 0.309 e. The van der Waals surface area contributed by atoms with Gasteiger partial charge in [0.1, 0.15) is 5.75 Å². The second-order valence-corrected chi connectivity index (χ2v) is 6.82. The van der Waals surface area contributed by atoms with Crippen molar-refractivity contribution in [2.45, 2.75) is 39.2 Å². The van der Waals surface area contributed by atoms with Gasteiger partial charge in [-0.15, -0.1) is 0 Å². The lowest BCUT2D eigenvalue weighted by Crippen LogP contribution is -2.51. The highest BCUT2D eigenvalue weighted by atomic mass is 35.5. The minimum absolute atomic E-state index is 0.0836. The molecule has 1 aromatic carbocycles. The molecule has 24 heavy (non-hydrogen) atoms. The Morgan fingerprint density at radius 2 is 1.79 bits per heavy atom. The maximum absolute atomic E-state index is 12.8. The summed E-state index contributed by atoms with van der Waals surface area (Å²) >= 11 is 5.86. The lowest BCUT2D eigenvalue weighted by Gasteiger charge is -2.36. The summed E-state index contributed by atoms with van der Waals surface area (Å²) in [5.74, 6) is 0.231. The molecule has 0 radical (unpaired) electrons. The Morgan fingerprint density at radius 1 is 1.21 bits per heavy atom. The fourth-order valence-corrected chi connectivity index (χ4v) is 2.93. The molecule has 1 amide bonds. The summed E-state index contributed by atoms with van der Waals surface area (Å²) < 4.78 is 10.9. The zero-order chi connectivity index (χ0) is 17.7. The number of hydrogen-bond acceptors (Lipinski definition) is 4. The lowest BCUT2D eigenvalue weighted by molar-refractivity contribution is -0.154. The van der Waals surface area contributed by atoms with Crippen LogP contribution in [0.2, 0.25) is 5.02 Å². The largest absolute Gasteiger partial charge is 0.478 e. The Kier molecular flexibility index (Phi) is 6.10. The fraction of sp³-hybridized carbons (Fsp3) is 0.556. The Labute approximate surface area is 147 Å². The molecule has 0 saturated carbocycles. The van der Waals surface area contributed by atoms with E-state index in [0.717, 1.165) is 0 Å². The van der Waals surface area contributed by atoms with Crippen LogP contribution in [0.3, 0.4) is 0 Å². The molecular formula is C18H24ClNO4. The van der Waals surface area contributed by atoms with Crippen LogP contribution >= 0.6 is 11.6 Å². The van der Waals surface area contributed by atoms with Crippen LogP contribution in [-0.4, -0.2) is 42.1 Å². The molecule has 0 N–H and O–H groups in total. The van der Waals surface area contributed by atoms with Crippen molar-refractivity contribution < 1.29 is 19.1 Å². The third kappa shape index (κ3) is 4.63. The van der Waals surface area contributed by atoms with Gasteiger partial charge >= 0.3 is 5.97 Å². The van der Waals surface area contributed by atoms with E-state index in [2.05, 4.69) is 0 Å². The first kappa shape index (κ1) is 18.6. The van der Waals surface area contributed by atoms with E-state index in [1.807, 2.05) is 0 Å². The number of rotatable bonds is 5. The molecule has 0 aliphatic carbocycles. The number of esters is 1. The number of ether oxygens (including phenoxy) is 2. The van der Waals surface area contributed by atoms with Crippen molar-refractivity contribution in [3.05, 3.63) is 29.3 Å². The summed E-state index contributed by atoms with van der Waals surface area (Å²) in [6, 6.07) is 6.93. The molecular weight excluding hydrogens is 330 g/mol. The number of nitrogens with zero attached hydrogens (tertiary/aromatic N) is 1. The Balaban J connectivity index is 1.93. The number of carbonyl (C=O) groups excluding carboxylic acids is 2. The molecule has 1 aromatic rings. The van der Waals surface area contributed by atoms with Gasteiger partial charge in [-0.3, -0.25) is 9.59 Å². The monoisotopic (exact) mass is 353 g/mol. The van der Waals surface area contributed by atoms with E-state index in [1.165, 1.54) is 0 Å². The van der Waals surface area contributed by atoms with Gasteiger partial charge in [-0.2, -0.15) is 0 Å². The van der Waals surface area contributed by atoms with Gasteiger partial charge in [0.15, 0.2) is 5.60 Å². The molecule has 0 spiro atoms. The predicted octanol–water partition coefficient (Wildman–Crippen LogP) is 3.30. The van der Waals surface area contributed by atoms with Crippen LogP contribution in [0, 0.1) is 5.92 Å². The number of piperidine rings is 1. The first-order valence-corrected chi connectivity index (χ1v) is 8.62. The topological polar surface area (TPSA) is 55.8 Å². The van der Waals surface area contributed by atoms with E-state index in [1.54, 1.807) is 49.9 Å². The minimum atomic E-state index is -0.982. The third-order valence-electron chi connectivity index (χ3n) is 4.10. The average Bonchev–Trinajstić information content (AvgIpc) is 2.56.